The summed E-state index contributed by atoms with van der Waals surface area (Å²) in [5.74, 6) is 0.0964. The van der Waals surface area contributed by atoms with Crippen molar-refractivity contribution in [2.45, 2.75) is 13.5 Å². The molecule has 0 spiro atoms. The largest absolute Gasteiger partial charge is 0.334 e. The number of thiophene rings is 1. The molecule has 0 fully saturated rings. The second-order valence-corrected chi connectivity index (χ2v) is 5.97. The zero-order valence-electron chi connectivity index (χ0n) is 11.2. The van der Waals surface area contributed by atoms with Crippen LogP contribution in [0.4, 0.5) is 0 Å². The maximum absolute atomic E-state index is 12.2. The van der Waals surface area contributed by atoms with E-state index >= 15 is 0 Å². The first-order valence-electron chi connectivity index (χ1n) is 5.87. The van der Waals surface area contributed by atoms with Crippen molar-refractivity contribution in [1.82, 2.24) is 10.2 Å². The number of carbonyl (C=O) groups is 1. The van der Waals surface area contributed by atoms with E-state index in [0.29, 0.717) is 19.6 Å². The van der Waals surface area contributed by atoms with Crippen LogP contribution < -0.4 is 5.32 Å². The van der Waals surface area contributed by atoms with Gasteiger partial charge in [-0.25, -0.2) is 0 Å². The van der Waals surface area contributed by atoms with Gasteiger partial charge in [0.1, 0.15) is 0 Å². The third-order valence-electron chi connectivity index (χ3n) is 2.57. The average Bonchev–Trinajstić information content (AvgIpc) is 2.73. The number of hydrogen-bond donors (Lipinski definition) is 1. The fraction of sp³-hybridized carbons (Fsp3) is 0.462. The molecule has 6 heteroatoms. The molecule has 1 rings (SSSR count). The van der Waals surface area contributed by atoms with Crippen molar-refractivity contribution >= 4 is 41.3 Å². The maximum atomic E-state index is 12.2. The molecule has 0 aliphatic carbocycles. The van der Waals surface area contributed by atoms with Gasteiger partial charge in [0.25, 0.3) is 0 Å². The Balaban J connectivity index is 0.00000324. The van der Waals surface area contributed by atoms with Crippen molar-refractivity contribution in [2.75, 3.05) is 20.1 Å². The standard InChI is InChI=1S/C13H19ClN2OS.ClH/c1-4-7-16(13(17)10(2)8-15-3)9-11-5-6-12(14)18-11;/h4-6,10,15H,1,7-9H2,2-3H3;1H. The molecule has 0 saturated heterocycles. The van der Waals surface area contributed by atoms with Gasteiger partial charge in [-0.15, -0.1) is 30.3 Å². The molecule has 0 bridgehead atoms. The Hall–Kier alpha value is -0.550. The number of rotatable bonds is 7. The maximum Gasteiger partial charge on any atom is 0.227 e. The molecule has 1 aromatic heterocycles. The van der Waals surface area contributed by atoms with Crippen molar-refractivity contribution < 1.29 is 4.79 Å². The van der Waals surface area contributed by atoms with Gasteiger partial charge in [-0.3, -0.25) is 4.79 Å². The lowest BCUT2D eigenvalue weighted by Gasteiger charge is -2.24. The minimum Gasteiger partial charge on any atom is -0.334 e. The molecule has 1 amide bonds. The molecular formula is C13H20Cl2N2OS. The number of nitrogens with one attached hydrogen (secondary N) is 1. The number of hydrogen-bond acceptors (Lipinski definition) is 3. The summed E-state index contributed by atoms with van der Waals surface area (Å²) < 4.78 is 0.749. The SMILES string of the molecule is C=CCN(Cc1ccc(Cl)s1)C(=O)C(C)CNC.Cl. The second-order valence-electron chi connectivity index (χ2n) is 4.17. The fourth-order valence-electron chi connectivity index (χ4n) is 1.72. The Bertz CT molecular complexity index is 409. The van der Waals surface area contributed by atoms with E-state index in [-0.39, 0.29) is 24.2 Å². The Labute approximate surface area is 130 Å². The smallest absolute Gasteiger partial charge is 0.227 e. The van der Waals surface area contributed by atoms with Crippen LogP contribution in [0, 0.1) is 5.92 Å². The Kier molecular flexibility index (Phi) is 9.10. The van der Waals surface area contributed by atoms with E-state index < -0.39 is 0 Å². The molecule has 0 aromatic carbocycles. The minimum absolute atomic E-state index is 0. The van der Waals surface area contributed by atoms with Crippen LogP contribution in [-0.4, -0.2) is 30.9 Å². The molecule has 1 unspecified atom stereocenters. The van der Waals surface area contributed by atoms with Crippen molar-refractivity contribution in [2.24, 2.45) is 5.92 Å². The summed E-state index contributed by atoms with van der Waals surface area (Å²) in [5.41, 5.74) is 0. The third-order valence-corrected chi connectivity index (χ3v) is 3.78. The van der Waals surface area contributed by atoms with E-state index in [1.165, 1.54) is 11.3 Å². The number of amides is 1. The minimum atomic E-state index is -0.0367. The lowest BCUT2D eigenvalue weighted by Crippen LogP contribution is -2.38. The topological polar surface area (TPSA) is 32.3 Å². The number of halogens is 2. The summed E-state index contributed by atoms with van der Waals surface area (Å²) in [6.07, 6.45) is 1.75. The second kappa shape index (κ2) is 9.37. The van der Waals surface area contributed by atoms with Gasteiger partial charge in [0.15, 0.2) is 0 Å². The lowest BCUT2D eigenvalue weighted by molar-refractivity contribution is -0.134. The first-order valence-corrected chi connectivity index (χ1v) is 7.06. The highest BCUT2D eigenvalue weighted by atomic mass is 35.5. The number of carbonyl (C=O) groups excluding carboxylic acids is 1. The summed E-state index contributed by atoms with van der Waals surface area (Å²) in [5, 5.41) is 3.02. The van der Waals surface area contributed by atoms with E-state index in [2.05, 4.69) is 11.9 Å². The first kappa shape index (κ1) is 18.4. The Morgan fingerprint density at radius 1 is 1.63 bits per heavy atom. The summed E-state index contributed by atoms with van der Waals surface area (Å²) in [7, 11) is 1.85. The van der Waals surface area contributed by atoms with Crippen LogP contribution in [0.25, 0.3) is 0 Å². The van der Waals surface area contributed by atoms with Gasteiger partial charge in [-0.2, -0.15) is 0 Å². The zero-order valence-corrected chi connectivity index (χ0v) is 13.6. The van der Waals surface area contributed by atoms with Crippen LogP contribution >= 0.6 is 35.3 Å². The first-order chi connectivity index (χ1) is 8.58. The van der Waals surface area contributed by atoms with Crippen molar-refractivity contribution in [3.8, 4) is 0 Å². The fourth-order valence-corrected chi connectivity index (χ4v) is 2.82. The quantitative estimate of drug-likeness (QED) is 0.782. The highest BCUT2D eigenvalue weighted by molar-refractivity contribution is 7.16. The molecule has 1 heterocycles. The molecule has 0 saturated carbocycles. The van der Waals surface area contributed by atoms with Crippen LogP contribution in [-0.2, 0) is 11.3 Å². The predicted molar refractivity (Wildman–Crippen MR) is 85.3 cm³/mol. The molecule has 1 N–H and O–H groups in total. The highest BCUT2D eigenvalue weighted by Gasteiger charge is 2.19. The van der Waals surface area contributed by atoms with Gasteiger partial charge in [-0.05, 0) is 19.2 Å². The Morgan fingerprint density at radius 3 is 2.79 bits per heavy atom. The lowest BCUT2D eigenvalue weighted by atomic mass is 10.1. The van der Waals surface area contributed by atoms with Gasteiger partial charge in [0.05, 0.1) is 10.9 Å². The summed E-state index contributed by atoms with van der Waals surface area (Å²) in [4.78, 5) is 15.1. The molecule has 1 atom stereocenters. The van der Waals surface area contributed by atoms with Gasteiger partial charge in [0, 0.05) is 23.9 Å². The molecule has 3 nitrogen and oxygen atoms in total. The molecule has 19 heavy (non-hydrogen) atoms. The van der Waals surface area contributed by atoms with Crippen molar-refractivity contribution in [3.63, 3.8) is 0 Å². The summed E-state index contributed by atoms with van der Waals surface area (Å²) in [6, 6.07) is 3.81. The average molecular weight is 323 g/mol. The summed E-state index contributed by atoms with van der Waals surface area (Å²) in [6.45, 7) is 7.46. The van der Waals surface area contributed by atoms with E-state index in [9.17, 15) is 4.79 Å². The highest BCUT2D eigenvalue weighted by Crippen LogP contribution is 2.23. The van der Waals surface area contributed by atoms with Gasteiger partial charge in [-0.1, -0.05) is 24.6 Å². The van der Waals surface area contributed by atoms with Crippen LogP contribution in [0.1, 0.15) is 11.8 Å². The van der Waals surface area contributed by atoms with Gasteiger partial charge >= 0.3 is 0 Å². The van der Waals surface area contributed by atoms with Gasteiger partial charge < -0.3 is 10.2 Å². The van der Waals surface area contributed by atoms with Crippen molar-refractivity contribution in [3.05, 3.63) is 34.0 Å². The van der Waals surface area contributed by atoms with Crippen molar-refractivity contribution in [1.29, 1.82) is 0 Å². The van der Waals surface area contributed by atoms with E-state index in [1.807, 2.05) is 26.1 Å². The zero-order chi connectivity index (χ0) is 13.5. The summed E-state index contributed by atoms with van der Waals surface area (Å²) >= 11 is 7.40. The van der Waals surface area contributed by atoms with Crippen LogP contribution in [0.2, 0.25) is 4.34 Å². The third kappa shape index (κ3) is 5.95. The molecule has 108 valence electrons. The van der Waals surface area contributed by atoms with Crippen LogP contribution in [0.3, 0.4) is 0 Å². The van der Waals surface area contributed by atoms with Crippen LogP contribution in [0.5, 0.6) is 0 Å². The normalized spacial score (nSPS) is 11.5. The molecule has 0 aliphatic heterocycles. The monoisotopic (exact) mass is 322 g/mol. The Morgan fingerprint density at radius 2 is 2.32 bits per heavy atom. The number of nitrogens with zero attached hydrogens (tertiary/aromatic N) is 1. The molecule has 1 aromatic rings. The molecule has 0 radical (unpaired) electrons. The van der Waals surface area contributed by atoms with E-state index in [4.69, 9.17) is 11.6 Å². The predicted octanol–water partition coefficient (Wildman–Crippen LogP) is 3.19. The van der Waals surface area contributed by atoms with E-state index in [0.717, 1.165) is 9.21 Å². The van der Waals surface area contributed by atoms with Crippen LogP contribution in [0.15, 0.2) is 24.8 Å². The van der Waals surface area contributed by atoms with E-state index in [1.54, 1.807) is 11.0 Å². The molecule has 0 aliphatic rings. The van der Waals surface area contributed by atoms with Gasteiger partial charge in [0.2, 0.25) is 5.91 Å². The molecular weight excluding hydrogens is 303 g/mol.